The summed E-state index contributed by atoms with van der Waals surface area (Å²) in [5.41, 5.74) is 7.18. The number of aryl methyl sites for hydroxylation is 1. The van der Waals surface area contributed by atoms with Crippen LogP contribution in [0.1, 0.15) is 58.7 Å². The standard InChI is InChI=1S/C36H30O2/c1-2-3-14-26-23-27(24-15-6-4-7-16-24)33-34(32(26)25-17-8-5-9-18-25)36(38)30-21-12-10-19-28(30)35(33,37)29-20-11-13-22-31(29)36/h4-13,15-23,37-38H,2-3,14H2,1H3. The number of aliphatic hydroxyl groups is 2. The van der Waals surface area contributed by atoms with Gasteiger partial charge < -0.3 is 10.2 Å². The lowest BCUT2D eigenvalue weighted by atomic mass is 9.53. The number of hydrogen-bond acceptors (Lipinski definition) is 2. The lowest BCUT2D eigenvalue weighted by molar-refractivity contribution is 0.0502. The van der Waals surface area contributed by atoms with Crippen molar-refractivity contribution in [3.63, 3.8) is 0 Å². The van der Waals surface area contributed by atoms with Crippen LogP contribution in [0.3, 0.4) is 0 Å². The fraction of sp³-hybridized carbons (Fsp3) is 0.167. The van der Waals surface area contributed by atoms with Gasteiger partial charge in [0.2, 0.25) is 0 Å². The van der Waals surface area contributed by atoms with Crippen molar-refractivity contribution in [1.82, 2.24) is 0 Å². The minimum absolute atomic E-state index is 0.756. The summed E-state index contributed by atoms with van der Waals surface area (Å²) < 4.78 is 0. The zero-order chi connectivity index (χ0) is 25.9. The van der Waals surface area contributed by atoms with Gasteiger partial charge in [-0.3, -0.25) is 0 Å². The summed E-state index contributed by atoms with van der Waals surface area (Å²) >= 11 is 0. The summed E-state index contributed by atoms with van der Waals surface area (Å²) in [5.74, 6) is 0. The molecule has 38 heavy (non-hydrogen) atoms. The third-order valence-electron chi connectivity index (χ3n) is 8.49. The molecular weight excluding hydrogens is 464 g/mol. The van der Waals surface area contributed by atoms with E-state index in [1.165, 1.54) is 5.56 Å². The predicted octanol–water partition coefficient (Wildman–Crippen LogP) is 7.56. The van der Waals surface area contributed by atoms with Gasteiger partial charge in [0.15, 0.2) is 0 Å². The SMILES string of the molecule is CCCCc1cc(-c2ccccc2)c2c(c1-c1ccccc1)C1(O)c3ccccc3C2(O)c2ccccc21. The zero-order valence-corrected chi connectivity index (χ0v) is 21.5. The summed E-state index contributed by atoms with van der Waals surface area (Å²) in [4.78, 5) is 0. The van der Waals surface area contributed by atoms with Crippen LogP contribution in [0.5, 0.6) is 0 Å². The minimum Gasteiger partial charge on any atom is -0.376 e. The third-order valence-corrected chi connectivity index (χ3v) is 8.49. The van der Waals surface area contributed by atoms with E-state index in [9.17, 15) is 10.2 Å². The molecule has 0 spiro atoms. The van der Waals surface area contributed by atoms with Crippen molar-refractivity contribution in [3.05, 3.63) is 154 Å². The Morgan fingerprint density at radius 3 is 1.50 bits per heavy atom. The van der Waals surface area contributed by atoms with Crippen molar-refractivity contribution < 1.29 is 10.2 Å². The minimum atomic E-state index is -1.40. The molecule has 0 fully saturated rings. The molecule has 0 atom stereocenters. The summed E-state index contributed by atoms with van der Waals surface area (Å²) in [7, 11) is 0. The van der Waals surface area contributed by atoms with Gasteiger partial charge in [-0.25, -0.2) is 0 Å². The van der Waals surface area contributed by atoms with Gasteiger partial charge in [-0.1, -0.05) is 129 Å². The highest BCUT2D eigenvalue weighted by Crippen LogP contribution is 2.63. The number of unbranched alkanes of at least 4 members (excludes halogenated alkanes) is 1. The van der Waals surface area contributed by atoms with E-state index >= 15 is 0 Å². The first-order chi connectivity index (χ1) is 18.6. The molecule has 186 valence electrons. The van der Waals surface area contributed by atoms with Crippen molar-refractivity contribution in [2.24, 2.45) is 0 Å². The highest BCUT2D eigenvalue weighted by atomic mass is 16.3. The Kier molecular flexibility index (Phi) is 5.20. The molecule has 2 N–H and O–H groups in total. The van der Waals surface area contributed by atoms with E-state index in [1.807, 2.05) is 72.8 Å². The van der Waals surface area contributed by atoms with Crippen molar-refractivity contribution in [2.45, 2.75) is 37.4 Å². The molecule has 8 rings (SSSR count). The van der Waals surface area contributed by atoms with Crippen molar-refractivity contribution >= 4 is 0 Å². The Labute approximate surface area is 223 Å². The summed E-state index contributed by atoms with van der Waals surface area (Å²) in [6, 6.07) is 38.7. The van der Waals surface area contributed by atoms with E-state index in [2.05, 4.69) is 49.4 Å². The van der Waals surface area contributed by atoms with Gasteiger partial charge in [-0.15, -0.1) is 0 Å². The lowest BCUT2D eigenvalue weighted by Crippen LogP contribution is -2.51. The normalized spacial score (nSPS) is 20.5. The van der Waals surface area contributed by atoms with E-state index in [1.54, 1.807) is 0 Å². The Morgan fingerprint density at radius 1 is 0.553 bits per heavy atom. The maximum Gasteiger partial charge on any atom is 0.142 e. The van der Waals surface area contributed by atoms with Crippen LogP contribution < -0.4 is 0 Å². The molecule has 0 aliphatic heterocycles. The Bertz CT molecular complexity index is 1620. The molecule has 0 unspecified atom stereocenters. The average molecular weight is 495 g/mol. The predicted molar refractivity (Wildman–Crippen MR) is 153 cm³/mol. The smallest absolute Gasteiger partial charge is 0.142 e. The maximum atomic E-state index is 13.1. The molecule has 2 bridgehead atoms. The van der Waals surface area contributed by atoms with Crippen LogP contribution in [0.2, 0.25) is 0 Å². The van der Waals surface area contributed by atoms with Crippen LogP contribution in [0.4, 0.5) is 0 Å². The van der Waals surface area contributed by atoms with Gasteiger partial charge in [0.05, 0.1) is 0 Å². The van der Waals surface area contributed by atoms with Crippen LogP contribution in [-0.2, 0) is 17.6 Å². The van der Waals surface area contributed by atoms with Crippen molar-refractivity contribution in [1.29, 1.82) is 0 Å². The van der Waals surface area contributed by atoms with Crippen molar-refractivity contribution in [3.8, 4) is 22.3 Å². The molecule has 0 heterocycles. The quantitative estimate of drug-likeness (QED) is 0.265. The lowest BCUT2D eigenvalue weighted by Gasteiger charge is -2.53. The van der Waals surface area contributed by atoms with Crippen LogP contribution in [-0.4, -0.2) is 10.2 Å². The first-order valence-corrected chi connectivity index (χ1v) is 13.6. The topological polar surface area (TPSA) is 40.5 Å². The number of hydrogen-bond donors (Lipinski definition) is 2. The Balaban J connectivity index is 1.71. The van der Waals surface area contributed by atoms with Gasteiger partial charge in [0, 0.05) is 11.1 Å². The zero-order valence-electron chi connectivity index (χ0n) is 21.5. The number of benzene rings is 5. The second-order valence-corrected chi connectivity index (χ2v) is 10.6. The molecule has 3 aliphatic rings. The number of rotatable bonds is 5. The van der Waals surface area contributed by atoms with Crippen LogP contribution in [0.25, 0.3) is 22.3 Å². The highest BCUT2D eigenvalue weighted by Gasteiger charge is 2.59. The third kappa shape index (κ3) is 2.96. The van der Waals surface area contributed by atoms with E-state index in [0.717, 1.165) is 74.9 Å². The second kappa shape index (κ2) is 8.52. The molecule has 5 aromatic carbocycles. The van der Waals surface area contributed by atoms with Gasteiger partial charge in [-0.2, -0.15) is 0 Å². The van der Waals surface area contributed by atoms with Gasteiger partial charge in [0.1, 0.15) is 11.2 Å². The van der Waals surface area contributed by atoms with Crippen LogP contribution >= 0.6 is 0 Å². The molecule has 0 radical (unpaired) electrons. The van der Waals surface area contributed by atoms with Gasteiger partial charge in [-0.05, 0) is 62.9 Å². The fourth-order valence-corrected chi connectivity index (χ4v) is 6.88. The molecule has 0 saturated heterocycles. The molecule has 0 saturated carbocycles. The first kappa shape index (κ1) is 23.2. The first-order valence-electron chi connectivity index (χ1n) is 13.6. The Morgan fingerprint density at radius 2 is 1.00 bits per heavy atom. The molecule has 5 aromatic rings. The van der Waals surface area contributed by atoms with E-state index in [-0.39, 0.29) is 0 Å². The summed E-state index contributed by atoms with van der Waals surface area (Å²) in [5, 5.41) is 26.2. The molecule has 0 aromatic heterocycles. The van der Waals surface area contributed by atoms with E-state index in [0.29, 0.717) is 0 Å². The Hall–Kier alpha value is -3.98. The van der Waals surface area contributed by atoms with Crippen LogP contribution in [0.15, 0.2) is 115 Å². The molecule has 0 amide bonds. The highest BCUT2D eigenvalue weighted by molar-refractivity contribution is 5.89. The average Bonchev–Trinajstić information content (AvgIpc) is 2.98. The summed E-state index contributed by atoms with van der Waals surface area (Å²) in [6.07, 6.45) is 3.01. The monoisotopic (exact) mass is 494 g/mol. The van der Waals surface area contributed by atoms with E-state index in [4.69, 9.17) is 0 Å². The van der Waals surface area contributed by atoms with Gasteiger partial charge in [0.25, 0.3) is 0 Å². The summed E-state index contributed by atoms with van der Waals surface area (Å²) in [6.45, 7) is 2.21. The largest absolute Gasteiger partial charge is 0.376 e. The van der Waals surface area contributed by atoms with E-state index < -0.39 is 11.2 Å². The van der Waals surface area contributed by atoms with Gasteiger partial charge >= 0.3 is 0 Å². The molecule has 2 heteroatoms. The van der Waals surface area contributed by atoms with Crippen LogP contribution in [0, 0.1) is 0 Å². The maximum absolute atomic E-state index is 13.1. The second-order valence-electron chi connectivity index (χ2n) is 10.6. The fourth-order valence-electron chi connectivity index (χ4n) is 6.88. The van der Waals surface area contributed by atoms with Crippen molar-refractivity contribution in [2.75, 3.05) is 0 Å². The molecule has 3 aliphatic carbocycles. The molecular formula is C36H30O2. The molecule has 2 nitrogen and oxygen atoms in total.